The van der Waals surface area contributed by atoms with Crippen LogP contribution in [0.15, 0.2) is 42.7 Å². The van der Waals surface area contributed by atoms with E-state index < -0.39 is 5.60 Å². The first-order valence-electron chi connectivity index (χ1n) is 10.3. The Labute approximate surface area is 176 Å². The van der Waals surface area contributed by atoms with Crippen LogP contribution in [0.4, 0.5) is 5.69 Å². The first-order valence-corrected chi connectivity index (χ1v) is 10.3. The minimum Gasteiger partial charge on any atom is -0.390 e. The number of benzene rings is 1. The number of rotatable bonds is 4. The normalized spacial score (nSPS) is 19.4. The molecule has 1 amide bonds. The van der Waals surface area contributed by atoms with Crippen molar-refractivity contribution in [3.8, 4) is 11.3 Å². The van der Waals surface area contributed by atoms with Gasteiger partial charge in [0.1, 0.15) is 0 Å². The molecule has 4 rings (SSSR count). The lowest BCUT2D eigenvalue weighted by atomic mass is 9.77. The van der Waals surface area contributed by atoms with Crippen LogP contribution in [0, 0.1) is 12.5 Å². The molecule has 0 aliphatic heterocycles. The van der Waals surface area contributed by atoms with Crippen LogP contribution in [0.2, 0.25) is 0 Å². The lowest BCUT2D eigenvalue weighted by Gasteiger charge is -2.36. The van der Waals surface area contributed by atoms with Crippen LogP contribution in [0.3, 0.4) is 0 Å². The Morgan fingerprint density at radius 2 is 1.90 bits per heavy atom. The number of nitrogens with zero attached hydrogens (tertiary/aromatic N) is 2. The number of aromatic amines is 1. The topological polar surface area (TPSA) is 82.4 Å². The highest BCUT2D eigenvalue weighted by Crippen LogP contribution is 2.33. The number of pyridine rings is 1. The smallest absolute Gasteiger partial charge is 0.251 e. The van der Waals surface area contributed by atoms with E-state index in [2.05, 4.69) is 20.1 Å². The van der Waals surface area contributed by atoms with Gasteiger partial charge in [0.15, 0.2) is 0 Å². The third kappa shape index (κ3) is 3.94. The Morgan fingerprint density at radius 1 is 1.20 bits per heavy atom. The third-order valence-electron chi connectivity index (χ3n) is 6.18. The fourth-order valence-corrected chi connectivity index (χ4v) is 4.35. The number of aromatic nitrogens is 2. The number of carbonyl (C=O) groups is 1. The molecule has 30 heavy (non-hydrogen) atoms. The Kier molecular flexibility index (Phi) is 5.31. The number of hydrogen-bond donors (Lipinski definition) is 3. The number of amides is 1. The minimum absolute atomic E-state index is 0.0728. The van der Waals surface area contributed by atoms with E-state index in [0.29, 0.717) is 11.3 Å². The summed E-state index contributed by atoms with van der Waals surface area (Å²) in [5.41, 5.74) is 2.92. The molecule has 3 N–H and O–H groups in total. The first kappa shape index (κ1) is 20.1. The average Bonchev–Trinajstić information content (AvgIpc) is 3.23. The average molecular weight is 402 g/mol. The fourth-order valence-electron chi connectivity index (χ4n) is 4.35. The van der Waals surface area contributed by atoms with Crippen LogP contribution in [0.25, 0.3) is 27.0 Å². The zero-order valence-electron chi connectivity index (χ0n) is 17.3. The van der Waals surface area contributed by atoms with Crippen LogP contribution in [-0.2, 0) is 0 Å². The predicted molar refractivity (Wildman–Crippen MR) is 117 cm³/mol. The van der Waals surface area contributed by atoms with Gasteiger partial charge in [0.05, 0.1) is 23.4 Å². The second-order valence-corrected chi connectivity index (χ2v) is 8.62. The molecule has 0 bridgehead atoms. The molecule has 1 aliphatic carbocycles. The number of nitrogens with one attached hydrogen (secondary N) is 2. The van der Waals surface area contributed by atoms with Crippen molar-refractivity contribution in [2.75, 3.05) is 0 Å². The van der Waals surface area contributed by atoms with Crippen molar-refractivity contribution in [1.29, 1.82) is 0 Å². The second-order valence-electron chi connectivity index (χ2n) is 8.62. The molecule has 6 nitrogen and oxygen atoms in total. The summed E-state index contributed by atoms with van der Waals surface area (Å²) in [7, 11) is 0. The van der Waals surface area contributed by atoms with Gasteiger partial charge in [-0.3, -0.25) is 9.78 Å². The van der Waals surface area contributed by atoms with Crippen LogP contribution in [0.1, 0.15) is 49.9 Å². The molecule has 0 atom stereocenters. The van der Waals surface area contributed by atoms with Crippen LogP contribution in [0.5, 0.6) is 0 Å². The second kappa shape index (κ2) is 7.92. The summed E-state index contributed by atoms with van der Waals surface area (Å²) >= 11 is 0. The van der Waals surface area contributed by atoms with Crippen molar-refractivity contribution < 1.29 is 9.90 Å². The fraction of sp³-hybridized carbons (Fsp3) is 0.375. The number of aliphatic hydroxyl groups is 1. The summed E-state index contributed by atoms with van der Waals surface area (Å²) in [6, 6.07) is 9.49. The Hall–Kier alpha value is -3.17. The standard InChI is InChI=1S/C24H26N4O2/c1-24(2,30)17-8-10-18(11-9-17)28-23(29)16-6-4-15(5-7-16)21-19-12-13-26-22(19)20(25-3)14-27-21/h4-7,12-14,17-18,26,30H,8-11H2,1-2H3,(H,28,29). The van der Waals surface area contributed by atoms with Crippen molar-refractivity contribution in [3.63, 3.8) is 0 Å². The maximum absolute atomic E-state index is 12.7. The summed E-state index contributed by atoms with van der Waals surface area (Å²) in [4.78, 5) is 23.7. The molecule has 1 saturated carbocycles. The molecule has 1 aromatic carbocycles. The molecule has 2 heterocycles. The van der Waals surface area contributed by atoms with Gasteiger partial charge in [0, 0.05) is 34.9 Å². The largest absolute Gasteiger partial charge is 0.390 e. The molecule has 1 aliphatic rings. The lowest BCUT2D eigenvalue weighted by Crippen LogP contribution is -2.41. The Bertz CT molecular complexity index is 1090. The minimum atomic E-state index is -0.656. The highest BCUT2D eigenvalue weighted by atomic mass is 16.3. The molecule has 6 heteroatoms. The van der Waals surface area contributed by atoms with E-state index in [1.807, 2.05) is 44.2 Å². The van der Waals surface area contributed by atoms with Crippen LogP contribution < -0.4 is 5.32 Å². The van der Waals surface area contributed by atoms with Gasteiger partial charge in [0.25, 0.3) is 5.91 Å². The van der Waals surface area contributed by atoms with Gasteiger partial charge >= 0.3 is 0 Å². The molecule has 154 valence electrons. The molecule has 1 fully saturated rings. The number of fused-ring (bicyclic) bond motifs is 1. The van der Waals surface area contributed by atoms with E-state index in [1.165, 1.54) is 0 Å². The van der Waals surface area contributed by atoms with Gasteiger partial charge in [-0.25, -0.2) is 4.85 Å². The Morgan fingerprint density at radius 3 is 2.53 bits per heavy atom. The van der Waals surface area contributed by atoms with Gasteiger partial charge in [-0.15, -0.1) is 0 Å². The molecular formula is C24H26N4O2. The predicted octanol–water partition coefficient (Wildman–Crippen LogP) is 4.84. The van der Waals surface area contributed by atoms with Gasteiger partial charge in [-0.05, 0) is 63.6 Å². The van der Waals surface area contributed by atoms with E-state index in [0.717, 1.165) is 47.8 Å². The molecule has 2 aromatic heterocycles. The third-order valence-corrected chi connectivity index (χ3v) is 6.18. The summed E-state index contributed by atoms with van der Waals surface area (Å²) in [6.07, 6.45) is 7.01. The van der Waals surface area contributed by atoms with E-state index in [4.69, 9.17) is 6.57 Å². The number of hydrogen-bond acceptors (Lipinski definition) is 3. The van der Waals surface area contributed by atoms with Crippen molar-refractivity contribution in [2.24, 2.45) is 5.92 Å². The SMILES string of the molecule is [C-]#[N+]c1cnc(-c2ccc(C(=O)NC3CCC(C(C)(C)O)CC3)cc2)c2cc[nH]c12. The number of H-pyrrole nitrogens is 1. The van der Waals surface area contributed by atoms with E-state index >= 15 is 0 Å². The Balaban J connectivity index is 1.45. The summed E-state index contributed by atoms with van der Waals surface area (Å²) in [6.45, 7) is 11.0. The number of carbonyl (C=O) groups excluding carboxylic acids is 1. The van der Waals surface area contributed by atoms with E-state index in [-0.39, 0.29) is 17.9 Å². The summed E-state index contributed by atoms with van der Waals surface area (Å²) in [5.74, 6) is 0.216. The first-order chi connectivity index (χ1) is 14.4. The van der Waals surface area contributed by atoms with Gasteiger partial charge in [-0.1, -0.05) is 12.1 Å². The quantitative estimate of drug-likeness (QED) is 0.546. The maximum atomic E-state index is 12.7. The van der Waals surface area contributed by atoms with Crippen molar-refractivity contribution in [2.45, 2.75) is 51.2 Å². The molecule has 0 unspecified atom stereocenters. The van der Waals surface area contributed by atoms with E-state index in [1.54, 1.807) is 12.4 Å². The molecule has 0 spiro atoms. The highest BCUT2D eigenvalue weighted by molar-refractivity contribution is 6.00. The molecular weight excluding hydrogens is 376 g/mol. The van der Waals surface area contributed by atoms with Crippen molar-refractivity contribution in [1.82, 2.24) is 15.3 Å². The zero-order chi connectivity index (χ0) is 21.3. The molecule has 3 aromatic rings. The maximum Gasteiger partial charge on any atom is 0.251 e. The lowest BCUT2D eigenvalue weighted by molar-refractivity contribution is -0.00257. The van der Waals surface area contributed by atoms with Gasteiger partial charge in [-0.2, -0.15) is 0 Å². The zero-order valence-corrected chi connectivity index (χ0v) is 17.3. The summed E-state index contributed by atoms with van der Waals surface area (Å²) < 4.78 is 0. The molecule has 0 radical (unpaired) electrons. The van der Waals surface area contributed by atoms with Gasteiger partial charge < -0.3 is 15.4 Å². The van der Waals surface area contributed by atoms with Crippen LogP contribution >= 0.6 is 0 Å². The van der Waals surface area contributed by atoms with E-state index in [9.17, 15) is 9.90 Å². The van der Waals surface area contributed by atoms with Crippen molar-refractivity contribution >= 4 is 22.5 Å². The van der Waals surface area contributed by atoms with Crippen LogP contribution in [-0.4, -0.2) is 32.6 Å². The van der Waals surface area contributed by atoms with Gasteiger partial charge in [0.2, 0.25) is 5.69 Å². The van der Waals surface area contributed by atoms with Crippen molar-refractivity contribution in [3.05, 3.63) is 59.7 Å². The summed E-state index contributed by atoms with van der Waals surface area (Å²) in [5, 5.41) is 14.2. The monoisotopic (exact) mass is 402 g/mol. The highest BCUT2D eigenvalue weighted by Gasteiger charge is 2.31. The molecule has 0 saturated heterocycles.